The van der Waals surface area contributed by atoms with E-state index in [0.717, 1.165) is 0 Å². The van der Waals surface area contributed by atoms with Gasteiger partial charge in [-0.1, -0.05) is 233 Å². The number of unbranched alkanes of at least 4 members (excludes halogenated alkanes) is 35. The van der Waals surface area contributed by atoms with Gasteiger partial charge in [-0.25, -0.2) is 9.13 Å². The van der Waals surface area contributed by atoms with Crippen molar-refractivity contribution in [2.24, 2.45) is 0 Å². The van der Waals surface area contributed by atoms with Gasteiger partial charge in [-0.2, -0.15) is 0 Å². The van der Waals surface area contributed by atoms with Gasteiger partial charge in [0, 0.05) is 6.42 Å². The molecule has 290 valence electrons. The summed E-state index contributed by atoms with van der Waals surface area (Å²) < 4.78 is 5.30. The summed E-state index contributed by atoms with van der Waals surface area (Å²) in [6.07, 6.45) is 60.8. The molecule has 1 heterocycles. The highest BCUT2D eigenvalue weighted by Crippen LogP contribution is 2.16. The summed E-state index contributed by atoms with van der Waals surface area (Å²) in [7, 11) is 0. The van der Waals surface area contributed by atoms with Gasteiger partial charge in [-0.15, -0.1) is 0 Å². The SMILES string of the molecule is CCCCCCCCCCCCCCCCCn1cc[n+](CCCCCCCCCCCCC)c1CCCCCCCCCCCCCC. The zero-order valence-electron chi connectivity index (χ0n) is 34.5. The van der Waals surface area contributed by atoms with Crippen molar-refractivity contribution in [2.75, 3.05) is 0 Å². The minimum Gasteiger partial charge on any atom is -0.234 e. The van der Waals surface area contributed by atoms with E-state index in [1.54, 1.807) is 5.82 Å². The monoisotopic (exact) mass is 686 g/mol. The quantitative estimate of drug-likeness (QED) is 0.0479. The second kappa shape index (κ2) is 38.4. The lowest BCUT2D eigenvalue weighted by molar-refractivity contribution is -0.704. The van der Waals surface area contributed by atoms with E-state index < -0.39 is 0 Å². The van der Waals surface area contributed by atoms with Crippen LogP contribution in [0.15, 0.2) is 12.4 Å². The van der Waals surface area contributed by atoms with E-state index in [-0.39, 0.29) is 0 Å². The topological polar surface area (TPSA) is 8.81 Å². The Hall–Kier alpha value is -0.790. The largest absolute Gasteiger partial charge is 0.256 e. The molecule has 0 aliphatic heterocycles. The standard InChI is InChI=1S/C47H93N2/c1-4-7-10-13-16-19-22-24-25-26-29-32-35-38-41-44-49-46-45-48(43-40-37-34-31-28-21-18-15-12-9-6-3)47(49)42-39-36-33-30-27-23-20-17-14-11-8-5-2/h45-46H,4-44H2,1-3H3/q+1. The molecule has 1 aromatic heterocycles. The van der Waals surface area contributed by atoms with Crippen LogP contribution in [0.4, 0.5) is 0 Å². The summed E-state index contributed by atoms with van der Waals surface area (Å²) in [6.45, 7) is 9.41. The van der Waals surface area contributed by atoms with Crippen LogP contribution in [0.1, 0.15) is 271 Å². The van der Waals surface area contributed by atoms with Crippen molar-refractivity contribution in [2.45, 2.75) is 284 Å². The van der Waals surface area contributed by atoms with Gasteiger partial charge in [-0.3, -0.25) is 0 Å². The minimum absolute atomic E-state index is 1.23. The molecule has 2 nitrogen and oxygen atoms in total. The van der Waals surface area contributed by atoms with E-state index in [0.29, 0.717) is 0 Å². The molecule has 0 aromatic carbocycles. The molecule has 0 aliphatic rings. The van der Waals surface area contributed by atoms with Crippen molar-refractivity contribution >= 4 is 0 Å². The average Bonchev–Trinajstić information content (AvgIpc) is 3.50. The zero-order valence-corrected chi connectivity index (χ0v) is 34.5. The fourth-order valence-corrected chi connectivity index (χ4v) is 7.92. The van der Waals surface area contributed by atoms with Crippen LogP contribution in [0.5, 0.6) is 0 Å². The van der Waals surface area contributed by atoms with Crippen LogP contribution in [0, 0.1) is 0 Å². The molecule has 0 N–H and O–H groups in total. The summed E-state index contributed by atoms with van der Waals surface area (Å²) in [5.41, 5.74) is 0. The molecule has 2 heteroatoms. The summed E-state index contributed by atoms with van der Waals surface area (Å²) in [6, 6.07) is 0. The second-order valence-corrected chi connectivity index (χ2v) is 16.2. The van der Waals surface area contributed by atoms with E-state index in [1.165, 1.54) is 264 Å². The van der Waals surface area contributed by atoms with Gasteiger partial charge in [0.1, 0.15) is 12.4 Å². The number of aryl methyl sites for hydroxylation is 2. The summed E-state index contributed by atoms with van der Waals surface area (Å²) >= 11 is 0. The Balaban J connectivity index is 2.27. The number of rotatable bonds is 41. The second-order valence-electron chi connectivity index (χ2n) is 16.2. The molecule has 0 unspecified atom stereocenters. The summed E-state index contributed by atoms with van der Waals surface area (Å²) in [4.78, 5) is 0. The van der Waals surface area contributed by atoms with Crippen LogP contribution in [0.3, 0.4) is 0 Å². The summed E-state index contributed by atoms with van der Waals surface area (Å²) in [5.74, 6) is 1.63. The lowest BCUT2D eigenvalue weighted by Gasteiger charge is -2.07. The van der Waals surface area contributed by atoms with E-state index in [9.17, 15) is 0 Å². The maximum Gasteiger partial charge on any atom is 0.256 e. The summed E-state index contributed by atoms with van der Waals surface area (Å²) in [5, 5.41) is 0. The third-order valence-corrected chi connectivity index (χ3v) is 11.3. The molecule has 0 fully saturated rings. The number of nitrogens with zero attached hydrogens (tertiary/aromatic N) is 2. The number of hydrogen-bond acceptors (Lipinski definition) is 0. The molecule has 0 radical (unpaired) electrons. The van der Waals surface area contributed by atoms with E-state index in [1.807, 2.05) is 0 Å². The first-order valence-electron chi connectivity index (χ1n) is 23.4. The Morgan fingerprint density at radius 3 is 0.980 bits per heavy atom. The van der Waals surface area contributed by atoms with Crippen molar-refractivity contribution in [1.29, 1.82) is 0 Å². The Morgan fingerprint density at radius 1 is 0.347 bits per heavy atom. The minimum atomic E-state index is 1.23. The smallest absolute Gasteiger partial charge is 0.234 e. The van der Waals surface area contributed by atoms with Crippen LogP contribution < -0.4 is 4.57 Å². The Kier molecular flexibility index (Phi) is 36.3. The van der Waals surface area contributed by atoms with Crippen LogP contribution in [-0.4, -0.2) is 4.57 Å². The molecule has 0 bridgehead atoms. The highest BCUT2D eigenvalue weighted by Gasteiger charge is 2.16. The lowest BCUT2D eigenvalue weighted by Crippen LogP contribution is -2.37. The zero-order chi connectivity index (χ0) is 35.1. The molecular weight excluding hydrogens is 593 g/mol. The van der Waals surface area contributed by atoms with Gasteiger partial charge < -0.3 is 0 Å². The molecule has 0 amide bonds. The van der Waals surface area contributed by atoms with Gasteiger partial charge in [0.25, 0.3) is 5.82 Å². The van der Waals surface area contributed by atoms with Crippen LogP contribution >= 0.6 is 0 Å². The maximum absolute atomic E-state index is 2.65. The fraction of sp³-hybridized carbons (Fsp3) is 0.936. The Morgan fingerprint density at radius 2 is 0.633 bits per heavy atom. The van der Waals surface area contributed by atoms with Gasteiger partial charge >= 0.3 is 0 Å². The van der Waals surface area contributed by atoms with Crippen LogP contribution in [0.25, 0.3) is 0 Å². The van der Waals surface area contributed by atoms with Gasteiger partial charge in [-0.05, 0) is 32.1 Å². The van der Waals surface area contributed by atoms with Crippen molar-refractivity contribution in [3.8, 4) is 0 Å². The number of imidazole rings is 1. The Bertz CT molecular complexity index is 751. The van der Waals surface area contributed by atoms with Crippen molar-refractivity contribution in [3.05, 3.63) is 18.2 Å². The maximum atomic E-state index is 2.65. The van der Waals surface area contributed by atoms with E-state index in [2.05, 4.69) is 42.3 Å². The molecule has 0 spiro atoms. The molecule has 1 rings (SSSR count). The lowest BCUT2D eigenvalue weighted by atomic mass is 10.0. The fourth-order valence-electron chi connectivity index (χ4n) is 7.92. The first-order valence-corrected chi connectivity index (χ1v) is 23.4. The first kappa shape index (κ1) is 46.2. The van der Waals surface area contributed by atoms with Crippen LogP contribution in [0.2, 0.25) is 0 Å². The van der Waals surface area contributed by atoms with Crippen molar-refractivity contribution in [1.82, 2.24) is 4.57 Å². The van der Waals surface area contributed by atoms with E-state index >= 15 is 0 Å². The highest BCUT2D eigenvalue weighted by atomic mass is 15.1. The van der Waals surface area contributed by atoms with Crippen molar-refractivity contribution < 1.29 is 4.57 Å². The highest BCUT2D eigenvalue weighted by molar-refractivity contribution is 4.84. The van der Waals surface area contributed by atoms with E-state index in [4.69, 9.17) is 0 Å². The third kappa shape index (κ3) is 30.5. The number of hydrogen-bond donors (Lipinski definition) is 0. The first-order chi connectivity index (χ1) is 24.3. The van der Waals surface area contributed by atoms with Gasteiger partial charge in [0.15, 0.2) is 0 Å². The Labute approximate surface area is 310 Å². The van der Waals surface area contributed by atoms with Gasteiger partial charge in [0.05, 0.1) is 13.1 Å². The molecule has 0 saturated carbocycles. The van der Waals surface area contributed by atoms with Gasteiger partial charge in [0.2, 0.25) is 0 Å². The third-order valence-electron chi connectivity index (χ3n) is 11.3. The molecule has 0 saturated heterocycles. The van der Waals surface area contributed by atoms with Crippen molar-refractivity contribution in [3.63, 3.8) is 0 Å². The predicted octanol–water partition coefficient (Wildman–Crippen LogP) is 16.2. The molecular formula is C47H93N2+. The number of aromatic nitrogens is 2. The molecule has 0 aliphatic carbocycles. The average molecular weight is 686 g/mol. The molecule has 49 heavy (non-hydrogen) atoms. The molecule has 1 aromatic rings. The predicted molar refractivity (Wildman–Crippen MR) is 221 cm³/mol. The molecule has 0 atom stereocenters. The normalized spacial score (nSPS) is 11.7. The van der Waals surface area contributed by atoms with Crippen LogP contribution in [-0.2, 0) is 19.5 Å².